The number of carbonyl (C=O) groups excluding carboxylic acids is 1. The van der Waals surface area contributed by atoms with Gasteiger partial charge in [-0.15, -0.1) is 0 Å². The average Bonchev–Trinajstić information content (AvgIpc) is 2.80. The second-order valence-corrected chi connectivity index (χ2v) is 5.45. The van der Waals surface area contributed by atoms with Crippen LogP contribution in [0.25, 0.3) is 0 Å². The summed E-state index contributed by atoms with van der Waals surface area (Å²) in [6.07, 6.45) is 1.21. The van der Waals surface area contributed by atoms with Gasteiger partial charge in [0.25, 0.3) is 0 Å². The predicted molar refractivity (Wildman–Crippen MR) is 75.0 cm³/mol. The quantitative estimate of drug-likeness (QED) is 0.499. The van der Waals surface area contributed by atoms with E-state index in [1.165, 1.54) is 0 Å². The molecule has 1 rings (SSSR count). The van der Waals surface area contributed by atoms with Gasteiger partial charge in [-0.3, -0.25) is 4.79 Å². The number of nitrogens with zero attached hydrogens (tertiary/aromatic N) is 1. The normalized spacial score (nSPS) is 20.0. The Morgan fingerprint density at radius 3 is 2.57 bits per heavy atom. The molecule has 0 radical (unpaired) electrons. The maximum atomic E-state index is 11.7. The number of urea groups is 1. The van der Waals surface area contributed by atoms with E-state index in [1.54, 1.807) is 0 Å². The molecular weight excluding hydrogens is 278 g/mol. The summed E-state index contributed by atoms with van der Waals surface area (Å²) in [5, 5.41) is 22.6. The third-order valence-corrected chi connectivity index (χ3v) is 3.53. The first-order chi connectivity index (χ1) is 9.88. The van der Waals surface area contributed by atoms with Crippen LogP contribution in [-0.2, 0) is 9.59 Å². The predicted octanol–water partition coefficient (Wildman–Crippen LogP) is -0.0546. The van der Waals surface area contributed by atoms with E-state index in [1.807, 2.05) is 7.05 Å². The van der Waals surface area contributed by atoms with E-state index < -0.39 is 24.0 Å². The molecule has 0 aliphatic carbocycles. The standard InChI is InChI=1S/C13H23N3O5/c1-16-6-5-9(8-16)7-14-13(21)15-10(12(19)20)3-2-4-11(17)18/h9-10H,2-8H2,1H3,(H,17,18)(H,19,20)(H2,14,15,21)/t9?,10-/m1/s1. The molecule has 0 aromatic heterocycles. The first-order valence-electron chi connectivity index (χ1n) is 7.06. The van der Waals surface area contributed by atoms with Crippen LogP contribution in [0.4, 0.5) is 4.79 Å². The Labute approximate surface area is 123 Å². The number of aliphatic carboxylic acids is 2. The van der Waals surface area contributed by atoms with Gasteiger partial charge in [-0.2, -0.15) is 0 Å². The van der Waals surface area contributed by atoms with E-state index in [2.05, 4.69) is 15.5 Å². The fourth-order valence-corrected chi connectivity index (χ4v) is 2.35. The highest BCUT2D eigenvalue weighted by atomic mass is 16.4. The maximum Gasteiger partial charge on any atom is 0.326 e. The Morgan fingerprint density at radius 1 is 1.33 bits per heavy atom. The maximum absolute atomic E-state index is 11.7. The summed E-state index contributed by atoms with van der Waals surface area (Å²) in [6, 6.07) is -1.58. The molecule has 0 aromatic rings. The van der Waals surface area contributed by atoms with Crippen LogP contribution in [0.15, 0.2) is 0 Å². The summed E-state index contributed by atoms with van der Waals surface area (Å²) in [6.45, 7) is 2.43. The third kappa shape index (κ3) is 6.94. The molecule has 0 spiro atoms. The van der Waals surface area contributed by atoms with Crippen LogP contribution in [0.1, 0.15) is 25.7 Å². The van der Waals surface area contributed by atoms with E-state index in [9.17, 15) is 14.4 Å². The SMILES string of the molecule is CN1CCC(CNC(=O)N[C@H](CCCC(=O)O)C(=O)O)C1. The minimum atomic E-state index is -1.16. The van der Waals surface area contributed by atoms with Crippen molar-refractivity contribution in [1.29, 1.82) is 0 Å². The number of likely N-dealkylation sites (tertiary alicyclic amines) is 1. The van der Waals surface area contributed by atoms with Crippen molar-refractivity contribution in [2.45, 2.75) is 31.7 Å². The van der Waals surface area contributed by atoms with E-state index in [-0.39, 0.29) is 19.3 Å². The summed E-state index contributed by atoms with van der Waals surface area (Å²) >= 11 is 0. The Morgan fingerprint density at radius 2 is 2.05 bits per heavy atom. The van der Waals surface area contributed by atoms with E-state index in [0.29, 0.717) is 12.5 Å². The Balaban J connectivity index is 2.28. The van der Waals surface area contributed by atoms with Crippen LogP contribution >= 0.6 is 0 Å². The number of nitrogens with one attached hydrogen (secondary N) is 2. The van der Waals surface area contributed by atoms with Crippen molar-refractivity contribution < 1.29 is 24.6 Å². The summed E-state index contributed by atoms with van der Waals surface area (Å²) < 4.78 is 0. The fraction of sp³-hybridized carbons (Fsp3) is 0.769. The van der Waals surface area contributed by atoms with Gasteiger partial charge in [-0.25, -0.2) is 9.59 Å². The van der Waals surface area contributed by atoms with Crippen LogP contribution in [0.2, 0.25) is 0 Å². The van der Waals surface area contributed by atoms with Gasteiger partial charge >= 0.3 is 18.0 Å². The van der Waals surface area contributed by atoms with E-state index in [0.717, 1.165) is 19.5 Å². The first kappa shape index (κ1) is 17.2. The van der Waals surface area contributed by atoms with E-state index in [4.69, 9.17) is 10.2 Å². The monoisotopic (exact) mass is 301 g/mol. The van der Waals surface area contributed by atoms with Crippen molar-refractivity contribution in [3.05, 3.63) is 0 Å². The second-order valence-electron chi connectivity index (χ2n) is 5.45. The van der Waals surface area contributed by atoms with Gasteiger partial charge in [0, 0.05) is 19.5 Å². The second kappa shape index (κ2) is 8.46. The fourth-order valence-electron chi connectivity index (χ4n) is 2.35. The summed E-state index contributed by atoms with van der Waals surface area (Å²) in [7, 11) is 2.02. The van der Waals surface area contributed by atoms with Crippen LogP contribution in [0, 0.1) is 5.92 Å². The smallest absolute Gasteiger partial charge is 0.326 e. The molecule has 21 heavy (non-hydrogen) atoms. The molecular formula is C13H23N3O5. The molecule has 2 atom stereocenters. The van der Waals surface area contributed by atoms with Gasteiger partial charge in [0.1, 0.15) is 6.04 Å². The number of carboxylic acids is 2. The van der Waals surface area contributed by atoms with Gasteiger partial charge in [0.05, 0.1) is 0 Å². The van der Waals surface area contributed by atoms with Gasteiger partial charge in [0.15, 0.2) is 0 Å². The van der Waals surface area contributed by atoms with Crippen LogP contribution < -0.4 is 10.6 Å². The number of hydrogen-bond donors (Lipinski definition) is 4. The summed E-state index contributed by atoms with van der Waals surface area (Å²) in [4.78, 5) is 35.3. The molecule has 8 heteroatoms. The lowest BCUT2D eigenvalue weighted by Crippen LogP contribution is -2.47. The molecule has 1 aliphatic rings. The van der Waals surface area contributed by atoms with Gasteiger partial charge in [-0.05, 0) is 38.8 Å². The molecule has 2 amide bonds. The first-order valence-corrected chi connectivity index (χ1v) is 7.06. The highest BCUT2D eigenvalue weighted by Crippen LogP contribution is 2.12. The molecule has 1 saturated heterocycles. The minimum absolute atomic E-state index is 0.0984. The molecule has 1 heterocycles. The van der Waals surface area contributed by atoms with Crippen LogP contribution in [-0.4, -0.2) is 65.8 Å². The zero-order valence-corrected chi connectivity index (χ0v) is 12.2. The number of amides is 2. The Kier molecular flexibility index (Phi) is 6.93. The number of carboxylic acid groups (broad SMARTS) is 2. The number of hydrogen-bond acceptors (Lipinski definition) is 4. The molecule has 1 fully saturated rings. The lowest BCUT2D eigenvalue weighted by molar-refractivity contribution is -0.140. The molecule has 1 unspecified atom stereocenters. The molecule has 0 bridgehead atoms. The zero-order chi connectivity index (χ0) is 15.8. The van der Waals surface area contributed by atoms with Crippen molar-refractivity contribution in [1.82, 2.24) is 15.5 Å². The van der Waals surface area contributed by atoms with Crippen molar-refractivity contribution in [3.63, 3.8) is 0 Å². The van der Waals surface area contributed by atoms with Gasteiger partial charge in [0.2, 0.25) is 0 Å². The molecule has 0 saturated carbocycles. The molecule has 120 valence electrons. The summed E-state index contributed by atoms with van der Waals surface area (Å²) in [5.41, 5.74) is 0. The molecule has 0 aromatic carbocycles. The van der Waals surface area contributed by atoms with Gasteiger partial charge < -0.3 is 25.7 Å². The van der Waals surface area contributed by atoms with Crippen molar-refractivity contribution >= 4 is 18.0 Å². The van der Waals surface area contributed by atoms with Crippen LogP contribution in [0.3, 0.4) is 0 Å². The lowest BCUT2D eigenvalue weighted by atomic mass is 10.1. The minimum Gasteiger partial charge on any atom is -0.481 e. The molecule has 4 N–H and O–H groups in total. The van der Waals surface area contributed by atoms with Crippen LogP contribution in [0.5, 0.6) is 0 Å². The lowest BCUT2D eigenvalue weighted by Gasteiger charge is -2.16. The molecule has 8 nitrogen and oxygen atoms in total. The number of carbonyl (C=O) groups is 3. The van der Waals surface area contributed by atoms with E-state index >= 15 is 0 Å². The summed E-state index contributed by atoms with van der Waals surface area (Å²) in [5.74, 6) is -1.75. The average molecular weight is 301 g/mol. The highest BCUT2D eigenvalue weighted by molar-refractivity contribution is 5.82. The van der Waals surface area contributed by atoms with Crippen molar-refractivity contribution in [2.24, 2.45) is 5.92 Å². The van der Waals surface area contributed by atoms with Gasteiger partial charge in [-0.1, -0.05) is 0 Å². The largest absolute Gasteiger partial charge is 0.481 e. The highest BCUT2D eigenvalue weighted by Gasteiger charge is 2.22. The Bertz CT molecular complexity index is 388. The zero-order valence-electron chi connectivity index (χ0n) is 12.2. The third-order valence-electron chi connectivity index (χ3n) is 3.53. The van der Waals surface area contributed by atoms with Crippen molar-refractivity contribution in [2.75, 3.05) is 26.7 Å². The topological polar surface area (TPSA) is 119 Å². The van der Waals surface area contributed by atoms with Crippen molar-refractivity contribution in [3.8, 4) is 0 Å². The molecule has 1 aliphatic heterocycles. The Hall–Kier alpha value is -1.83. The number of rotatable bonds is 8.